The Labute approximate surface area is 112 Å². The summed E-state index contributed by atoms with van der Waals surface area (Å²) < 4.78 is 8.05. The third-order valence-corrected chi connectivity index (χ3v) is 3.69. The minimum Gasteiger partial charge on any atom is -0.370 e. The predicted molar refractivity (Wildman–Crippen MR) is 72.7 cm³/mol. The second kappa shape index (κ2) is 5.02. The summed E-state index contributed by atoms with van der Waals surface area (Å²) in [5.41, 5.74) is 2.64. The van der Waals surface area contributed by atoms with Crippen molar-refractivity contribution in [3.05, 3.63) is 29.6 Å². The molecule has 0 spiro atoms. The molecule has 0 bridgehead atoms. The van der Waals surface area contributed by atoms with E-state index >= 15 is 0 Å². The third-order valence-electron chi connectivity index (χ3n) is 3.69. The molecule has 1 unspecified atom stereocenters. The minimum absolute atomic E-state index is 0.103. The molecular formula is C15H17N3O. The third kappa shape index (κ3) is 2.11. The van der Waals surface area contributed by atoms with Crippen molar-refractivity contribution in [2.24, 2.45) is 0 Å². The van der Waals surface area contributed by atoms with Gasteiger partial charge in [0.15, 0.2) is 0 Å². The van der Waals surface area contributed by atoms with Crippen molar-refractivity contribution in [1.82, 2.24) is 9.55 Å². The molecule has 0 aliphatic carbocycles. The molecule has 19 heavy (non-hydrogen) atoms. The maximum absolute atomic E-state index is 8.97. The molecule has 4 nitrogen and oxygen atoms in total. The van der Waals surface area contributed by atoms with Crippen molar-refractivity contribution in [2.75, 3.05) is 6.61 Å². The molecule has 1 aliphatic rings. The molecule has 0 amide bonds. The molecule has 1 aromatic carbocycles. The quantitative estimate of drug-likeness (QED) is 0.828. The van der Waals surface area contributed by atoms with E-state index in [1.54, 1.807) is 0 Å². The number of hydrogen-bond donors (Lipinski definition) is 0. The van der Waals surface area contributed by atoms with Gasteiger partial charge in [-0.15, -0.1) is 0 Å². The monoisotopic (exact) mass is 255 g/mol. The number of ether oxygens (including phenoxy) is 1. The maximum Gasteiger partial charge on any atom is 0.139 e. The first-order chi connectivity index (χ1) is 9.33. The van der Waals surface area contributed by atoms with Crippen LogP contribution in [0.2, 0.25) is 0 Å². The summed E-state index contributed by atoms with van der Waals surface area (Å²) in [6.45, 7) is 3.81. The van der Waals surface area contributed by atoms with E-state index in [0.717, 1.165) is 42.9 Å². The van der Waals surface area contributed by atoms with Crippen molar-refractivity contribution in [3.8, 4) is 6.07 Å². The number of hydrogen-bond acceptors (Lipinski definition) is 3. The van der Waals surface area contributed by atoms with Crippen LogP contribution in [-0.4, -0.2) is 16.2 Å². The lowest BCUT2D eigenvalue weighted by Gasteiger charge is -2.22. The summed E-state index contributed by atoms with van der Waals surface area (Å²) >= 11 is 0. The highest BCUT2D eigenvalue weighted by atomic mass is 16.5. The molecule has 1 aliphatic heterocycles. The Hall–Kier alpha value is -1.86. The van der Waals surface area contributed by atoms with Gasteiger partial charge in [-0.25, -0.2) is 4.98 Å². The number of aryl methyl sites for hydroxylation is 1. The fourth-order valence-corrected chi connectivity index (χ4v) is 2.74. The normalized spacial score (nSPS) is 19.5. The molecule has 98 valence electrons. The SMILES string of the molecule is CCn1c(C2CCCCO2)nc2cc(C#N)ccc21. The first-order valence-electron chi connectivity index (χ1n) is 6.85. The van der Waals surface area contributed by atoms with Crippen molar-refractivity contribution < 1.29 is 4.74 Å². The van der Waals surface area contributed by atoms with Crippen LogP contribution in [0.3, 0.4) is 0 Å². The lowest BCUT2D eigenvalue weighted by atomic mass is 10.1. The van der Waals surface area contributed by atoms with Gasteiger partial charge in [0.1, 0.15) is 11.9 Å². The van der Waals surface area contributed by atoms with Crippen molar-refractivity contribution in [3.63, 3.8) is 0 Å². The first-order valence-corrected chi connectivity index (χ1v) is 6.85. The largest absolute Gasteiger partial charge is 0.370 e. The molecular weight excluding hydrogens is 238 g/mol. The van der Waals surface area contributed by atoms with E-state index in [0.29, 0.717) is 5.56 Å². The highest BCUT2D eigenvalue weighted by molar-refractivity contribution is 5.77. The van der Waals surface area contributed by atoms with Gasteiger partial charge in [0.05, 0.1) is 22.7 Å². The van der Waals surface area contributed by atoms with Gasteiger partial charge in [0.25, 0.3) is 0 Å². The van der Waals surface area contributed by atoms with E-state index < -0.39 is 0 Å². The number of nitrogens with zero attached hydrogens (tertiary/aromatic N) is 3. The van der Waals surface area contributed by atoms with Crippen LogP contribution in [0.1, 0.15) is 43.7 Å². The summed E-state index contributed by atoms with van der Waals surface area (Å²) in [6, 6.07) is 7.85. The Balaban J connectivity index is 2.10. The summed E-state index contributed by atoms with van der Waals surface area (Å²) in [4.78, 5) is 4.70. The zero-order valence-electron chi connectivity index (χ0n) is 11.1. The molecule has 0 saturated carbocycles. The molecule has 1 atom stereocenters. The Morgan fingerprint density at radius 1 is 1.47 bits per heavy atom. The molecule has 1 aromatic heterocycles. The standard InChI is InChI=1S/C15H17N3O/c1-2-18-13-7-6-11(10-16)9-12(13)17-15(18)14-5-3-4-8-19-14/h6-7,9,14H,2-5,8H2,1H3. The number of imidazole rings is 1. The number of aromatic nitrogens is 2. The molecule has 4 heteroatoms. The average Bonchev–Trinajstić information content (AvgIpc) is 2.85. The molecule has 2 aromatic rings. The molecule has 2 heterocycles. The molecule has 1 fully saturated rings. The van der Waals surface area contributed by atoms with Gasteiger partial charge in [-0.1, -0.05) is 0 Å². The number of benzene rings is 1. The van der Waals surface area contributed by atoms with Crippen LogP contribution < -0.4 is 0 Å². The van der Waals surface area contributed by atoms with Crippen molar-refractivity contribution >= 4 is 11.0 Å². The highest BCUT2D eigenvalue weighted by Gasteiger charge is 2.22. The van der Waals surface area contributed by atoms with Gasteiger partial charge < -0.3 is 9.30 Å². The van der Waals surface area contributed by atoms with Gasteiger partial charge in [0, 0.05) is 13.2 Å². The van der Waals surface area contributed by atoms with Crippen LogP contribution in [0.4, 0.5) is 0 Å². The maximum atomic E-state index is 8.97. The minimum atomic E-state index is 0.103. The zero-order valence-corrected chi connectivity index (χ0v) is 11.1. The first kappa shape index (κ1) is 12.2. The number of fused-ring (bicyclic) bond motifs is 1. The Bertz CT molecular complexity index is 633. The Morgan fingerprint density at radius 2 is 2.37 bits per heavy atom. The fraction of sp³-hybridized carbons (Fsp3) is 0.467. The van der Waals surface area contributed by atoms with Crippen LogP contribution in [0.5, 0.6) is 0 Å². The summed E-state index contributed by atoms with van der Waals surface area (Å²) in [6.07, 6.45) is 3.48. The Morgan fingerprint density at radius 3 is 3.05 bits per heavy atom. The topological polar surface area (TPSA) is 50.8 Å². The van der Waals surface area contributed by atoms with Crippen LogP contribution >= 0.6 is 0 Å². The van der Waals surface area contributed by atoms with E-state index in [-0.39, 0.29) is 6.10 Å². The van der Waals surface area contributed by atoms with Crippen LogP contribution in [0.15, 0.2) is 18.2 Å². The van der Waals surface area contributed by atoms with Gasteiger partial charge in [-0.2, -0.15) is 5.26 Å². The smallest absolute Gasteiger partial charge is 0.139 e. The van der Waals surface area contributed by atoms with E-state index in [2.05, 4.69) is 17.6 Å². The molecule has 1 saturated heterocycles. The van der Waals surface area contributed by atoms with Gasteiger partial charge >= 0.3 is 0 Å². The van der Waals surface area contributed by atoms with Gasteiger partial charge in [0.2, 0.25) is 0 Å². The number of rotatable bonds is 2. The van der Waals surface area contributed by atoms with E-state index in [4.69, 9.17) is 15.0 Å². The highest BCUT2D eigenvalue weighted by Crippen LogP contribution is 2.30. The van der Waals surface area contributed by atoms with E-state index in [1.165, 1.54) is 6.42 Å². The van der Waals surface area contributed by atoms with E-state index in [1.807, 2.05) is 18.2 Å². The van der Waals surface area contributed by atoms with Crippen LogP contribution in [0.25, 0.3) is 11.0 Å². The van der Waals surface area contributed by atoms with Crippen molar-refractivity contribution in [2.45, 2.75) is 38.8 Å². The van der Waals surface area contributed by atoms with Crippen LogP contribution in [-0.2, 0) is 11.3 Å². The second-order valence-corrected chi connectivity index (χ2v) is 4.88. The molecule has 3 rings (SSSR count). The average molecular weight is 255 g/mol. The molecule has 0 N–H and O–H groups in total. The fourth-order valence-electron chi connectivity index (χ4n) is 2.74. The zero-order chi connectivity index (χ0) is 13.2. The van der Waals surface area contributed by atoms with Crippen LogP contribution in [0, 0.1) is 11.3 Å². The predicted octanol–water partition coefficient (Wildman–Crippen LogP) is 3.17. The summed E-state index contributed by atoms with van der Waals surface area (Å²) in [7, 11) is 0. The van der Waals surface area contributed by atoms with E-state index in [9.17, 15) is 0 Å². The summed E-state index contributed by atoms with van der Waals surface area (Å²) in [5.74, 6) is 1.01. The van der Waals surface area contributed by atoms with Gasteiger partial charge in [-0.05, 0) is 44.4 Å². The molecule has 0 radical (unpaired) electrons. The lowest BCUT2D eigenvalue weighted by molar-refractivity contribution is 0.00774. The Kier molecular flexibility index (Phi) is 3.22. The van der Waals surface area contributed by atoms with Gasteiger partial charge in [-0.3, -0.25) is 0 Å². The lowest BCUT2D eigenvalue weighted by Crippen LogP contribution is -2.16. The van der Waals surface area contributed by atoms with Crippen molar-refractivity contribution in [1.29, 1.82) is 5.26 Å². The summed E-state index contributed by atoms with van der Waals surface area (Å²) in [5, 5.41) is 8.97. The number of nitriles is 1. The second-order valence-electron chi connectivity index (χ2n) is 4.88.